The van der Waals surface area contributed by atoms with Crippen molar-refractivity contribution in [3.05, 3.63) is 80.8 Å². The Kier molecular flexibility index (Phi) is 7.32. The highest BCUT2D eigenvalue weighted by Gasteiger charge is 2.11. The number of rotatable bonds is 7. The lowest BCUT2D eigenvalue weighted by Crippen LogP contribution is -2.20. The Morgan fingerprint density at radius 1 is 0.967 bits per heavy atom. The zero-order valence-corrected chi connectivity index (χ0v) is 18.3. The Hall–Kier alpha value is -2.60. The van der Waals surface area contributed by atoms with Crippen molar-refractivity contribution < 1.29 is 14.6 Å². The van der Waals surface area contributed by atoms with Crippen molar-refractivity contribution in [3.8, 4) is 11.5 Å². The molecular weight excluding hydrogens is 447 g/mol. The summed E-state index contributed by atoms with van der Waals surface area (Å²) in [6, 6.07) is 15.7. The number of aromatic hydroxyl groups is 1. The highest BCUT2D eigenvalue weighted by molar-refractivity contribution is 6.37. The van der Waals surface area contributed by atoms with Gasteiger partial charge in [-0.1, -0.05) is 52.5 Å². The maximum Gasteiger partial charge on any atom is 0.262 e. The molecule has 3 rings (SSSR count). The quantitative estimate of drug-likeness (QED) is 0.359. The molecule has 0 aromatic heterocycles. The molecule has 1 amide bonds. The van der Waals surface area contributed by atoms with E-state index in [-0.39, 0.29) is 28.3 Å². The van der Waals surface area contributed by atoms with Crippen molar-refractivity contribution in [1.29, 1.82) is 0 Å². The summed E-state index contributed by atoms with van der Waals surface area (Å²) < 4.78 is 5.70. The standard InChI is InChI=1S/C22H19Cl3N2O3/c1-13-2-5-16(6-3-13)27-21(28)12-30-20-7-4-15(23)8-14(20)11-26-17-9-18(24)22(29)19(25)10-17/h2-10,26,29H,11-12H2,1H3,(H,27,28). The van der Waals surface area contributed by atoms with E-state index in [1.54, 1.807) is 30.3 Å². The average molecular weight is 466 g/mol. The van der Waals surface area contributed by atoms with Gasteiger partial charge < -0.3 is 20.5 Å². The highest BCUT2D eigenvalue weighted by Crippen LogP contribution is 2.35. The molecule has 0 aliphatic carbocycles. The van der Waals surface area contributed by atoms with Crippen LogP contribution in [-0.2, 0) is 11.3 Å². The predicted octanol–water partition coefficient (Wildman–Crippen LogP) is 6.29. The lowest BCUT2D eigenvalue weighted by molar-refractivity contribution is -0.118. The maximum atomic E-state index is 12.2. The summed E-state index contributed by atoms with van der Waals surface area (Å²) in [5.74, 6) is 0.0713. The molecule has 0 aliphatic heterocycles. The molecule has 0 radical (unpaired) electrons. The zero-order chi connectivity index (χ0) is 21.7. The monoisotopic (exact) mass is 464 g/mol. The van der Waals surface area contributed by atoms with Gasteiger partial charge in [-0.25, -0.2) is 0 Å². The van der Waals surface area contributed by atoms with Gasteiger partial charge >= 0.3 is 0 Å². The number of amides is 1. The van der Waals surface area contributed by atoms with Crippen LogP contribution in [0.25, 0.3) is 0 Å². The number of halogens is 3. The summed E-state index contributed by atoms with van der Waals surface area (Å²) >= 11 is 18.0. The van der Waals surface area contributed by atoms with Crippen LogP contribution in [0.3, 0.4) is 0 Å². The van der Waals surface area contributed by atoms with Gasteiger partial charge in [0.2, 0.25) is 0 Å². The molecule has 5 nitrogen and oxygen atoms in total. The molecular formula is C22H19Cl3N2O3. The van der Waals surface area contributed by atoms with Crippen molar-refractivity contribution in [1.82, 2.24) is 0 Å². The van der Waals surface area contributed by atoms with Crippen LogP contribution >= 0.6 is 34.8 Å². The molecule has 3 N–H and O–H groups in total. The number of phenols is 1. The number of hydrogen-bond acceptors (Lipinski definition) is 4. The second kappa shape index (κ2) is 9.94. The summed E-state index contributed by atoms with van der Waals surface area (Å²) in [5, 5.41) is 16.4. The number of carbonyl (C=O) groups excluding carboxylic acids is 1. The van der Waals surface area contributed by atoms with E-state index in [0.717, 1.165) is 11.1 Å². The first-order chi connectivity index (χ1) is 14.3. The maximum absolute atomic E-state index is 12.2. The first-order valence-electron chi connectivity index (χ1n) is 9.01. The number of hydrogen-bond donors (Lipinski definition) is 3. The molecule has 156 valence electrons. The van der Waals surface area contributed by atoms with Crippen LogP contribution < -0.4 is 15.4 Å². The van der Waals surface area contributed by atoms with Crippen LogP contribution in [0.4, 0.5) is 11.4 Å². The molecule has 0 aliphatic rings. The molecule has 0 heterocycles. The van der Waals surface area contributed by atoms with Gasteiger partial charge in [-0.15, -0.1) is 0 Å². The van der Waals surface area contributed by atoms with Crippen LogP contribution in [-0.4, -0.2) is 17.6 Å². The molecule has 3 aromatic rings. The Morgan fingerprint density at radius 3 is 2.30 bits per heavy atom. The minimum absolute atomic E-state index is 0.139. The topological polar surface area (TPSA) is 70.6 Å². The Bertz CT molecular complexity index is 1030. The lowest BCUT2D eigenvalue weighted by Gasteiger charge is -2.14. The lowest BCUT2D eigenvalue weighted by atomic mass is 10.2. The van der Waals surface area contributed by atoms with Gasteiger partial charge in [0, 0.05) is 28.5 Å². The normalized spacial score (nSPS) is 10.5. The molecule has 0 bridgehead atoms. The minimum Gasteiger partial charge on any atom is -0.505 e. The number of nitrogens with one attached hydrogen (secondary N) is 2. The minimum atomic E-state index is -0.273. The molecule has 0 atom stereocenters. The van der Waals surface area contributed by atoms with Gasteiger partial charge in [0.05, 0.1) is 10.0 Å². The van der Waals surface area contributed by atoms with E-state index in [1.807, 2.05) is 31.2 Å². The average Bonchev–Trinajstić information content (AvgIpc) is 2.71. The summed E-state index contributed by atoms with van der Waals surface area (Å²) in [6.45, 7) is 2.16. The molecule has 0 spiro atoms. The van der Waals surface area contributed by atoms with Crippen LogP contribution in [0, 0.1) is 6.92 Å². The number of benzene rings is 3. The first-order valence-corrected chi connectivity index (χ1v) is 10.1. The van der Waals surface area contributed by atoms with Crippen LogP contribution in [0.15, 0.2) is 54.6 Å². The van der Waals surface area contributed by atoms with Gasteiger partial charge in [0.1, 0.15) is 5.75 Å². The van der Waals surface area contributed by atoms with Crippen LogP contribution in [0.5, 0.6) is 11.5 Å². The van der Waals surface area contributed by atoms with Crippen molar-refractivity contribution in [2.24, 2.45) is 0 Å². The van der Waals surface area contributed by atoms with Gasteiger partial charge in [-0.05, 0) is 49.4 Å². The molecule has 0 saturated carbocycles. The third kappa shape index (κ3) is 5.95. The van der Waals surface area contributed by atoms with E-state index in [2.05, 4.69) is 10.6 Å². The smallest absolute Gasteiger partial charge is 0.262 e. The van der Waals surface area contributed by atoms with E-state index < -0.39 is 0 Å². The fraction of sp³-hybridized carbons (Fsp3) is 0.136. The second-order valence-corrected chi connectivity index (χ2v) is 7.85. The predicted molar refractivity (Wildman–Crippen MR) is 122 cm³/mol. The number of carbonyl (C=O) groups is 1. The van der Waals surface area contributed by atoms with E-state index in [1.165, 1.54) is 0 Å². The van der Waals surface area contributed by atoms with Crippen molar-refractivity contribution in [2.75, 3.05) is 17.2 Å². The molecule has 8 heteroatoms. The largest absolute Gasteiger partial charge is 0.505 e. The van der Waals surface area contributed by atoms with E-state index in [0.29, 0.717) is 28.7 Å². The second-order valence-electron chi connectivity index (χ2n) is 6.60. The summed E-state index contributed by atoms with van der Waals surface area (Å²) in [6.07, 6.45) is 0. The summed E-state index contributed by atoms with van der Waals surface area (Å²) in [5.41, 5.74) is 3.17. The fourth-order valence-electron chi connectivity index (χ4n) is 2.67. The fourth-order valence-corrected chi connectivity index (χ4v) is 3.35. The zero-order valence-electron chi connectivity index (χ0n) is 16.0. The van der Waals surface area contributed by atoms with Crippen LogP contribution in [0.1, 0.15) is 11.1 Å². The van der Waals surface area contributed by atoms with Gasteiger partial charge in [0.15, 0.2) is 12.4 Å². The summed E-state index contributed by atoms with van der Waals surface area (Å²) in [7, 11) is 0. The first kappa shape index (κ1) is 22.1. The van der Waals surface area contributed by atoms with Crippen molar-refractivity contribution >= 4 is 52.1 Å². The van der Waals surface area contributed by atoms with E-state index >= 15 is 0 Å². The van der Waals surface area contributed by atoms with E-state index in [4.69, 9.17) is 39.5 Å². The summed E-state index contributed by atoms with van der Waals surface area (Å²) in [4.78, 5) is 12.2. The third-order valence-corrected chi connectivity index (χ3v) is 5.03. The number of phenolic OH excluding ortho intramolecular Hbond substituents is 1. The SMILES string of the molecule is Cc1ccc(NC(=O)COc2ccc(Cl)cc2CNc2cc(Cl)c(O)c(Cl)c2)cc1. The van der Waals surface area contributed by atoms with Gasteiger partial charge in [-0.3, -0.25) is 4.79 Å². The Labute approximate surface area is 189 Å². The number of anilines is 2. The third-order valence-electron chi connectivity index (χ3n) is 4.22. The molecule has 0 unspecified atom stereocenters. The molecule has 0 saturated heterocycles. The van der Waals surface area contributed by atoms with Gasteiger partial charge in [-0.2, -0.15) is 0 Å². The van der Waals surface area contributed by atoms with Crippen molar-refractivity contribution in [3.63, 3.8) is 0 Å². The Balaban J connectivity index is 1.64. The Morgan fingerprint density at radius 2 is 1.63 bits per heavy atom. The van der Waals surface area contributed by atoms with Crippen LogP contribution in [0.2, 0.25) is 15.1 Å². The highest BCUT2D eigenvalue weighted by atomic mass is 35.5. The number of aryl methyl sites for hydroxylation is 1. The van der Waals surface area contributed by atoms with Gasteiger partial charge in [0.25, 0.3) is 5.91 Å². The van der Waals surface area contributed by atoms with Crippen molar-refractivity contribution in [2.45, 2.75) is 13.5 Å². The molecule has 3 aromatic carbocycles. The molecule has 0 fully saturated rings. The number of ether oxygens (including phenoxy) is 1. The molecule has 30 heavy (non-hydrogen) atoms. The van der Waals surface area contributed by atoms with E-state index in [9.17, 15) is 9.90 Å².